The Morgan fingerprint density at radius 1 is 1.32 bits per heavy atom. The van der Waals surface area contributed by atoms with Gasteiger partial charge in [-0.05, 0) is 30.5 Å². The SMILES string of the molecule is CCc1cc(NCc2cccc(OC(C#N)CC)c2)n2ncnc2n1. The maximum Gasteiger partial charge on any atom is 0.254 e. The summed E-state index contributed by atoms with van der Waals surface area (Å²) in [5.74, 6) is 2.12. The maximum atomic E-state index is 9.03. The third kappa shape index (κ3) is 3.86. The molecule has 0 amide bonds. The molecule has 0 aliphatic carbocycles. The zero-order valence-electron chi connectivity index (χ0n) is 14.3. The third-order valence-electron chi connectivity index (χ3n) is 3.83. The fourth-order valence-corrected chi connectivity index (χ4v) is 2.45. The van der Waals surface area contributed by atoms with Crippen LogP contribution in [0.1, 0.15) is 31.5 Å². The first kappa shape index (κ1) is 16.7. The van der Waals surface area contributed by atoms with E-state index >= 15 is 0 Å². The summed E-state index contributed by atoms with van der Waals surface area (Å²) in [5.41, 5.74) is 2.01. The molecule has 1 N–H and O–H groups in total. The van der Waals surface area contributed by atoms with Crippen LogP contribution in [0.4, 0.5) is 5.82 Å². The third-order valence-corrected chi connectivity index (χ3v) is 3.83. The van der Waals surface area contributed by atoms with E-state index in [-0.39, 0.29) is 0 Å². The molecule has 1 aromatic carbocycles. The first-order chi connectivity index (χ1) is 12.2. The molecule has 128 valence electrons. The lowest BCUT2D eigenvalue weighted by Gasteiger charge is -2.13. The molecule has 7 heteroatoms. The molecule has 2 heterocycles. The van der Waals surface area contributed by atoms with E-state index in [1.54, 1.807) is 4.52 Å². The van der Waals surface area contributed by atoms with Crippen molar-refractivity contribution in [2.24, 2.45) is 0 Å². The molecule has 1 unspecified atom stereocenters. The first-order valence-electron chi connectivity index (χ1n) is 8.32. The Bertz CT molecular complexity index is 898. The predicted molar refractivity (Wildman–Crippen MR) is 94.2 cm³/mol. The second-order valence-electron chi connectivity index (χ2n) is 5.60. The summed E-state index contributed by atoms with van der Waals surface area (Å²) < 4.78 is 7.36. The van der Waals surface area contributed by atoms with Gasteiger partial charge in [-0.15, -0.1) is 0 Å². The number of rotatable bonds is 7. The van der Waals surface area contributed by atoms with Crippen molar-refractivity contribution in [2.45, 2.75) is 39.3 Å². The Hall–Kier alpha value is -3.14. The monoisotopic (exact) mass is 336 g/mol. The van der Waals surface area contributed by atoms with Gasteiger partial charge < -0.3 is 10.1 Å². The van der Waals surface area contributed by atoms with Gasteiger partial charge in [0.1, 0.15) is 24.0 Å². The van der Waals surface area contributed by atoms with E-state index in [0.29, 0.717) is 24.5 Å². The Morgan fingerprint density at radius 2 is 2.20 bits per heavy atom. The molecule has 0 radical (unpaired) electrons. The van der Waals surface area contributed by atoms with Gasteiger partial charge in [0.25, 0.3) is 5.78 Å². The summed E-state index contributed by atoms with van der Waals surface area (Å²) in [6.45, 7) is 4.58. The first-order valence-corrected chi connectivity index (χ1v) is 8.32. The molecule has 0 bridgehead atoms. The highest BCUT2D eigenvalue weighted by Gasteiger charge is 2.08. The van der Waals surface area contributed by atoms with Crippen molar-refractivity contribution in [1.29, 1.82) is 5.26 Å². The number of ether oxygens (including phenoxy) is 1. The lowest BCUT2D eigenvalue weighted by Crippen LogP contribution is -2.12. The summed E-state index contributed by atoms with van der Waals surface area (Å²) in [6, 6.07) is 11.9. The normalized spacial score (nSPS) is 11.9. The van der Waals surface area contributed by atoms with Crippen molar-refractivity contribution >= 4 is 11.6 Å². The molecular formula is C18H20N6O. The predicted octanol–water partition coefficient (Wildman–Crippen LogP) is 2.98. The summed E-state index contributed by atoms with van der Waals surface area (Å²) >= 11 is 0. The Labute approximate surface area is 146 Å². The second kappa shape index (κ2) is 7.62. The number of fused-ring (bicyclic) bond motifs is 1. The fraction of sp³-hybridized carbons (Fsp3) is 0.333. The highest BCUT2D eigenvalue weighted by molar-refractivity contribution is 5.45. The van der Waals surface area contributed by atoms with E-state index < -0.39 is 6.10 Å². The Morgan fingerprint density at radius 3 is 2.96 bits per heavy atom. The van der Waals surface area contributed by atoms with Gasteiger partial charge in [0, 0.05) is 18.3 Å². The van der Waals surface area contributed by atoms with Crippen LogP contribution in [-0.2, 0) is 13.0 Å². The number of aromatic nitrogens is 4. The van der Waals surface area contributed by atoms with Gasteiger partial charge in [0.15, 0.2) is 6.10 Å². The van der Waals surface area contributed by atoms with Gasteiger partial charge in [-0.1, -0.05) is 26.0 Å². The number of nitriles is 1. The number of anilines is 1. The molecule has 0 saturated heterocycles. The zero-order valence-corrected chi connectivity index (χ0v) is 14.3. The van der Waals surface area contributed by atoms with Crippen LogP contribution in [0, 0.1) is 11.3 Å². The highest BCUT2D eigenvalue weighted by atomic mass is 16.5. The van der Waals surface area contributed by atoms with E-state index in [1.165, 1.54) is 6.33 Å². The van der Waals surface area contributed by atoms with Gasteiger partial charge in [-0.2, -0.15) is 19.9 Å². The lowest BCUT2D eigenvalue weighted by molar-refractivity contribution is 0.251. The molecule has 7 nitrogen and oxygen atoms in total. The van der Waals surface area contributed by atoms with Crippen molar-refractivity contribution in [3.63, 3.8) is 0 Å². The Balaban J connectivity index is 1.76. The largest absolute Gasteiger partial charge is 0.476 e. The minimum Gasteiger partial charge on any atom is -0.476 e. The van der Waals surface area contributed by atoms with Crippen molar-refractivity contribution in [1.82, 2.24) is 19.6 Å². The number of benzene rings is 1. The van der Waals surface area contributed by atoms with E-state index in [0.717, 1.165) is 23.5 Å². The molecule has 0 fully saturated rings. The van der Waals surface area contributed by atoms with Crippen LogP contribution in [0.2, 0.25) is 0 Å². The van der Waals surface area contributed by atoms with Gasteiger partial charge in [0.2, 0.25) is 0 Å². The summed E-state index contributed by atoms with van der Waals surface area (Å²) in [6.07, 6.45) is 2.55. The molecular weight excluding hydrogens is 316 g/mol. The Kier molecular flexibility index (Phi) is 5.09. The maximum absolute atomic E-state index is 9.03. The molecule has 1 atom stereocenters. The van der Waals surface area contributed by atoms with Crippen molar-refractivity contribution < 1.29 is 4.74 Å². The number of hydrogen-bond acceptors (Lipinski definition) is 6. The number of hydrogen-bond donors (Lipinski definition) is 1. The van der Waals surface area contributed by atoms with Crippen LogP contribution in [-0.4, -0.2) is 25.7 Å². The van der Waals surface area contributed by atoms with E-state index in [9.17, 15) is 0 Å². The lowest BCUT2D eigenvalue weighted by atomic mass is 10.2. The van der Waals surface area contributed by atoms with Crippen LogP contribution in [0.3, 0.4) is 0 Å². The number of aryl methyl sites for hydroxylation is 1. The molecule has 0 spiro atoms. The van der Waals surface area contributed by atoms with Crippen molar-refractivity contribution in [3.8, 4) is 11.8 Å². The van der Waals surface area contributed by atoms with Crippen LogP contribution < -0.4 is 10.1 Å². The van der Waals surface area contributed by atoms with Gasteiger partial charge in [-0.3, -0.25) is 0 Å². The van der Waals surface area contributed by atoms with E-state index in [1.807, 2.05) is 37.3 Å². The van der Waals surface area contributed by atoms with Crippen LogP contribution in [0.25, 0.3) is 5.78 Å². The number of nitrogens with zero attached hydrogens (tertiary/aromatic N) is 5. The molecule has 3 rings (SSSR count). The molecule has 3 aromatic rings. The molecule has 0 aliphatic heterocycles. The summed E-state index contributed by atoms with van der Waals surface area (Å²) in [5, 5.41) is 16.6. The minimum atomic E-state index is -0.426. The molecule has 0 aliphatic rings. The summed E-state index contributed by atoms with van der Waals surface area (Å²) in [4.78, 5) is 8.59. The standard InChI is InChI=1S/C18H20N6O/c1-3-14-9-17(24-18(23-14)21-12-22-24)20-11-13-6-5-7-16(8-13)25-15(4-2)10-19/h5-9,12,15,20H,3-4,11H2,1-2H3. The van der Waals surface area contributed by atoms with Gasteiger partial charge in [-0.25, -0.2) is 4.98 Å². The number of nitrogens with one attached hydrogen (secondary N) is 1. The molecule has 0 saturated carbocycles. The average Bonchev–Trinajstić information content (AvgIpc) is 3.13. The smallest absolute Gasteiger partial charge is 0.254 e. The molecule has 25 heavy (non-hydrogen) atoms. The summed E-state index contributed by atoms with van der Waals surface area (Å²) in [7, 11) is 0. The second-order valence-corrected chi connectivity index (χ2v) is 5.60. The molecule has 2 aromatic heterocycles. The zero-order chi connectivity index (χ0) is 17.6. The van der Waals surface area contributed by atoms with Gasteiger partial charge in [0.05, 0.1) is 0 Å². The highest BCUT2D eigenvalue weighted by Crippen LogP contribution is 2.18. The van der Waals surface area contributed by atoms with Crippen molar-refractivity contribution in [2.75, 3.05) is 5.32 Å². The van der Waals surface area contributed by atoms with Crippen LogP contribution in [0.5, 0.6) is 5.75 Å². The van der Waals surface area contributed by atoms with Crippen molar-refractivity contribution in [3.05, 3.63) is 47.9 Å². The topological polar surface area (TPSA) is 88.1 Å². The van der Waals surface area contributed by atoms with E-state index in [4.69, 9.17) is 10.00 Å². The average molecular weight is 336 g/mol. The minimum absolute atomic E-state index is 0.426. The van der Waals surface area contributed by atoms with E-state index in [2.05, 4.69) is 33.4 Å². The van der Waals surface area contributed by atoms with Crippen LogP contribution >= 0.6 is 0 Å². The van der Waals surface area contributed by atoms with Gasteiger partial charge >= 0.3 is 0 Å². The quantitative estimate of drug-likeness (QED) is 0.713. The van der Waals surface area contributed by atoms with Crippen LogP contribution in [0.15, 0.2) is 36.7 Å². The fourth-order valence-electron chi connectivity index (χ4n) is 2.45.